The zero-order valence-corrected chi connectivity index (χ0v) is 15.5. The first-order valence-electron chi connectivity index (χ1n) is 8.34. The number of hydrogen-bond acceptors (Lipinski definition) is 4. The van der Waals surface area contributed by atoms with E-state index in [9.17, 15) is 9.59 Å². The molecule has 134 valence electrons. The second kappa shape index (κ2) is 9.30. The standard InChI is InChI=1S/C19H29NO4/c1-7-12(2)18(14(4)21)13(3)19(22)20-11-15-8-16(23-5)10-17(9-15)24-6/h8-10,12-13,18H,7,11H2,1-6H3,(H,20,22)/t12-,13+,18-/m0/s1. The first-order chi connectivity index (χ1) is 11.3. The summed E-state index contributed by atoms with van der Waals surface area (Å²) in [6.45, 7) is 7.80. The van der Waals surface area contributed by atoms with Crippen LogP contribution < -0.4 is 14.8 Å². The predicted molar refractivity (Wildman–Crippen MR) is 94.2 cm³/mol. The van der Waals surface area contributed by atoms with Crippen LogP contribution in [0.15, 0.2) is 18.2 Å². The molecule has 0 saturated heterocycles. The molecule has 3 atom stereocenters. The first kappa shape index (κ1) is 20.0. The van der Waals surface area contributed by atoms with Crippen LogP contribution in [0.1, 0.15) is 39.7 Å². The van der Waals surface area contributed by atoms with Crippen LogP contribution in [0.2, 0.25) is 0 Å². The average Bonchev–Trinajstić information content (AvgIpc) is 2.58. The summed E-state index contributed by atoms with van der Waals surface area (Å²) < 4.78 is 10.5. The Labute approximate surface area is 144 Å². The third kappa shape index (κ3) is 5.25. The SMILES string of the molecule is CC[C@H](C)[C@H](C(C)=O)[C@@H](C)C(=O)NCc1cc(OC)cc(OC)c1. The van der Waals surface area contributed by atoms with Gasteiger partial charge in [-0.25, -0.2) is 0 Å². The maximum atomic E-state index is 12.5. The van der Waals surface area contributed by atoms with Crippen LogP contribution in [0.4, 0.5) is 0 Å². The van der Waals surface area contributed by atoms with Gasteiger partial charge in [0, 0.05) is 24.4 Å². The lowest BCUT2D eigenvalue weighted by Gasteiger charge is -2.26. The normalized spacial score (nSPS) is 14.4. The van der Waals surface area contributed by atoms with Crippen molar-refractivity contribution in [3.05, 3.63) is 23.8 Å². The fourth-order valence-corrected chi connectivity index (χ4v) is 2.98. The van der Waals surface area contributed by atoms with Gasteiger partial charge in [-0.05, 0) is 30.5 Å². The molecular formula is C19H29NO4. The second-order valence-corrected chi connectivity index (χ2v) is 6.25. The summed E-state index contributed by atoms with van der Waals surface area (Å²) in [7, 11) is 3.17. The smallest absolute Gasteiger partial charge is 0.223 e. The van der Waals surface area contributed by atoms with Crippen molar-refractivity contribution >= 4 is 11.7 Å². The number of rotatable bonds is 9. The van der Waals surface area contributed by atoms with E-state index >= 15 is 0 Å². The largest absolute Gasteiger partial charge is 0.497 e. The van der Waals surface area contributed by atoms with Gasteiger partial charge in [-0.3, -0.25) is 9.59 Å². The molecule has 0 spiro atoms. The number of amides is 1. The van der Waals surface area contributed by atoms with Crippen molar-refractivity contribution in [3.63, 3.8) is 0 Å². The molecule has 0 fully saturated rings. The fraction of sp³-hybridized carbons (Fsp3) is 0.579. The van der Waals surface area contributed by atoms with E-state index in [4.69, 9.17) is 9.47 Å². The van der Waals surface area contributed by atoms with Gasteiger partial charge in [0.25, 0.3) is 0 Å². The molecule has 5 heteroatoms. The number of carbonyl (C=O) groups excluding carboxylic acids is 2. The Morgan fingerprint density at radius 3 is 2.04 bits per heavy atom. The Kier molecular flexibility index (Phi) is 7.75. The molecule has 0 heterocycles. The minimum atomic E-state index is -0.357. The highest BCUT2D eigenvalue weighted by Gasteiger charge is 2.31. The second-order valence-electron chi connectivity index (χ2n) is 6.25. The highest BCUT2D eigenvalue weighted by molar-refractivity contribution is 5.87. The maximum Gasteiger partial charge on any atom is 0.223 e. The molecular weight excluding hydrogens is 306 g/mol. The van der Waals surface area contributed by atoms with Crippen LogP contribution >= 0.6 is 0 Å². The summed E-state index contributed by atoms with van der Waals surface area (Å²) in [5.74, 6) is 0.869. The van der Waals surface area contributed by atoms with Crippen molar-refractivity contribution in [1.29, 1.82) is 0 Å². The lowest BCUT2D eigenvalue weighted by Crippen LogP contribution is -2.38. The lowest BCUT2D eigenvalue weighted by molar-refractivity contribution is -0.134. The number of Topliss-reactive ketones (excluding diaryl/α,β-unsaturated/α-hetero) is 1. The van der Waals surface area contributed by atoms with Gasteiger partial charge in [0.1, 0.15) is 17.3 Å². The summed E-state index contributed by atoms with van der Waals surface area (Å²) in [5.41, 5.74) is 0.884. The number of carbonyl (C=O) groups is 2. The Hall–Kier alpha value is -2.04. The highest BCUT2D eigenvalue weighted by Crippen LogP contribution is 2.26. The number of hydrogen-bond donors (Lipinski definition) is 1. The number of ketones is 1. The van der Waals surface area contributed by atoms with Crippen molar-refractivity contribution < 1.29 is 19.1 Å². The molecule has 0 aliphatic carbocycles. The van der Waals surface area contributed by atoms with Crippen LogP contribution in [-0.2, 0) is 16.1 Å². The fourth-order valence-electron chi connectivity index (χ4n) is 2.98. The van der Waals surface area contributed by atoms with Gasteiger partial charge in [0.05, 0.1) is 14.2 Å². The molecule has 24 heavy (non-hydrogen) atoms. The maximum absolute atomic E-state index is 12.5. The van der Waals surface area contributed by atoms with Crippen molar-refractivity contribution in [3.8, 4) is 11.5 Å². The molecule has 0 aliphatic heterocycles. The minimum Gasteiger partial charge on any atom is -0.497 e. The molecule has 1 rings (SSSR count). The van der Waals surface area contributed by atoms with Gasteiger partial charge in [0.15, 0.2) is 0 Å². The van der Waals surface area contributed by atoms with E-state index in [2.05, 4.69) is 5.32 Å². The Bertz CT molecular complexity index is 548. The van der Waals surface area contributed by atoms with E-state index in [-0.39, 0.29) is 29.4 Å². The van der Waals surface area contributed by atoms with Crippen LogP contribution in [0.25, 0.3) is 0 Å². The number of ether oxygens (including phenoxy) is 2. The summed E-state index contributed by atoms with van der Waals surface area (Å²) in [6, 6.07) is 5.48. The van der Waals surface area contributed by atoms with Gasteiger partial charge in [-0.15, -0.1) is 0 Å². The van der Waals surface area contributed by atoms with Gasteiger partial charge >= 0.3 is 0 Å². The van der Waals surface area contributed by atoms with E-state index in [1.807, 2.05) is 32.9 Å². The van der Waals surface area contributed by atoms with E-state index in [1.165, 1.54) is 0 Å². The van der Waals surface area contributed by atoms with Gasteiger partial charge in [0.2, 0.25) is 5.91 Å². The topological polar surface area (TPSA) is 64.6 Å². The molecule has 5 nitrogen and oxygen atoms in total. The van der Waals surface area contributed by atoms with Gasteiger partial charge in [-0.1, -0.05) is 27.2 Å². The molecule has 0 aliphatic rings. The van der Waals surface area contributed by atoms with E-state index in [1.54, 1.807) is 27.2 Å². The molecule has 1 aromatic carbocycles. The molecule has 0 saturated carbocycles. The van der Waals surface area contributed by atoms with Crippen molar-refractivity contribution in [2.45, 2.75) is 40.7 Å². The minimum absolute atomic E-state index is 0.0649. The van der Waals surface area contributed by atoms with Crippen molar-refractivity contribution in [1.82, 2.24) is 5.32 Å². The van der Waals surface area contributed by atoms with Gasteiger partial charge < -0.3 is 14.8 Å². The van der Waals surface area contributed by atoms with E-state index in [0.29, 0.717) is 18.0 Å². The number of nitrogens with one attached hydrogen (secondary N) is 1. The quantitative estimate of drug-likeness (QED) is 0.752. The highest BCUT2D eigenvalue weighted by atomic mass is 16.5. The third-order valence-corrected chi connectivity index (χ3v) is 4.56. The molecule has 1 aromatic rings. The molecule has 1 N–H and O–H groups in total. The number of methoxy groups -OCH3 is 2. The Balaban J connectivity index is 2.79. The summed E-state index contributed by atoms with van der Waals surface area (Å²) in [6.07, 6.45) is 0.870. The molecule has 1 amide bonds. The van der Waals surface area contributed by atoms with Crippen LogP contribution in [-0.4, -0.2) is 25.9 Å². The van der Waals surface area contributed by atoms with Crippen LogP contribution in [0, 0.1) is 17.8 Å². The number of benzene rings is 1. The zero-order chi connectivity index (χ0) is 18.3. The average molecular weight is 335 g/mol. The van der Waals surface area contributed by atoms with E-state index in [0.717, 1.165) is 12.0 Å². The summed E-state index contributed by atoms with van der Waals surface area (Å²) >= 11 is 0. The zero-order valence-electron chi connectivity index (χ0n) is 15.5. The molecule has 0 aromatic heterocycles. The van der Waals surface area contributed by atoms with E-state index < -0.39 is 0 Å². The van der Waals surface area contributed by atoms with Crippen LogP contribution in [0.3, 0.4) is 0 Å². The predicted octanol–water partition coefficient (Wildman–Crippen LogP) is 3.21. The van der Waals surface area contributed by atoms with Crippen LogP contribution in [0.5, 0.6) is 11.5 Å². The monoisotopic (exact) mass is 335 g/mol. The first-order valence-corrected chi connectivity index (χ1v) is 8.34. The van der Waals surface area contributed by atoms with Crippen molar-refractivity contribution in [2.24, 2.45) is 17.8 Å². The summed E-state index contributed by atoms with van der Waals surface area (Å²) in [5, 5.41) is 2.91. The van der Waals surface area contributed by atoms with Crippen molar-refractivity contribution in [2.75, 3.05) is 14.2 Å². The lowest BCUT2D eigenvalue weighted by atomic mass is 9.79. The Morgan fingerprint density at radius 2 is 1.62 bits per heavy atom. The molecule has 0 bridgehead atoms. The van der Waals surface area contributed by atoms with Gasteiger partial charge in [-0.2, -0.15) is 0 Å². The summed E-state index contributed by atoms with van der Waals surface area (Å²) in [4.78, 5) is 24.4. The Morgan fingerprint density at radius 1 is 1.08 bits per heavy atom. The third-order valence-electron chi connectivity index (χ3n) is 4.56. The molecule has 0 radical (unpaired) electrons. The molecule has 0 unspecified atom stereocenters.